The summed E-state index contributed by atoms with van der Waals surface area (Å²) in [5, 5.41) is 7.30. The Morgan fingerprint density at radius 3 is 2.56 bits per heavy atom. The largest absolute Gasteiger partial charge is 0.488 e. The van der Waals surface area contributed by atoms with Crippen LogP contribution in [0.25, 0.3) is 0 Å². The van der Waals surface area contributed by atoms with Gasteiger partial charge in [0.1, 0.15) is 11.4 Å². The van der Waals surface area contributed by atoms with Gasteiger partial charge in [0.25, 0.3) is 0 Å². The van der Waals surface area contributed by atoms with Crippen molar-refractivity contribution in [3.63, 3.8) is 0 Å². The van der Waals surface area contributed by atoms with Gasteiger partial charge >= 0.3 is 0 Å². The molecule has 1 heterocycles. The molecule has 0 aromatic heterocycles. The van der Waals surface area contributed by atoms with E-state index in [1.807, 2.05) is 12.1 Å². The summed E-state index contributed by atoms with van der Waals surface area (Å²) in [6, 6.07) is 5.99. The molecule has 1 aromatic rings. The summed E-state index contributed by atoms with van der Waals surface area (Å²) in [6.07, 6.45) is 2.38. The van der Waals surface area contributed by atoms with Crippen LogP contribution in [-0.4, -0.2) is 11.8 Å². The first kappa shape index (κ1) is 11.2. The highest BCUT2D eigenvalue weighted by Crippen LogP contribution is 2.44. The van der Waals surface area contributed by atoms with Gasteiger partial charge in [0.05, 0.1) is 0 Å². The summed E-state index contributed by atoms with van der Waals surface area (Å²) in [7, 11) is 0. The molecule has 1 aliphatic heterocycles. The molecule has 1 aromatic carbocycles. The first-order valence-electron chi connectivity index (χ1n) is 5.68. The Balaban J connectivity index is 2.55. The Labute approximate surface area is 97.1 Å². The van der Waals surface area contributed by atoms with Crippen LogP contribution in [0.4, 0.5) is 0 Å². The van der Waals surface area contributed by atoms with Gasteiger partial charge in [-0.1, -0.05) is 13.8 Å². The lowest BCUT2D eigenvalue weighted by molar-refractivity contribution is 0.0534. The van der Waals surface area contributed by atoms with Crippen LogP contribution < -0.4 is 4.74 Å². The van der Waals surface area contributed by atoms with E-state index in [4.69, 9.17) is 10.1 Å². The highest BCUT2D eigenvalue weighted by molar-refractivity contribution is 5.78. The first-order chi connectivity index (χ1) is 7.34. The summed E-state index contributed by atoms with van der Waals surface area (Å²) in [6.45, 7) is 8.73. The van der Waals surface area contributed by atoms with Crippen molar-refractivity contribution < 1.29 is 4.74 Å². The van der Waals surface area contributed by atoms with Crippen LogP contribution in [0, 0.1) is 5.41 Å². The molecular formula is C14H19NO. The fraction of sp³-hybridized carbons (Fsp3) is 0.500. The Hall–Kier alpha value is -1.31. The highest BCUT2D eigenvalue weighted by atomic mass is 16.5. The average molecular weight is 217 g/mol. The summed E-state index contributed by atoms with van der Waals surface area (Å²) < 4.78 is 5.98. The van der Waals surface area contributed by atoms with Crippen LogP contribution in [0.3, 0.4) is 0 Å². The van der Waals surface area contributed by atoms with Gasteiger partial charge in [-0.05, 0) is 49.4 Å². The minimum Gasteiger partial charge on any atom is -0.488 e. The molecule has 2 rings (SSSR count). The van der Waals surface area contributed by atoms with Gasteiger partial charge in [-0.25, -0.2) is 0 Å². The number of fused-ring (bicyclic) bond motifs is 1. The molecule has 0 aliphatic carbocycles. The molecule has 2 nitrogen and oxygen atoms in total. The van der Waals surface area contributed by atoms with Crippen molar-refractivity contribution in [3.8, 4) is 5.75 Å². The van der Waals surface area contributed by atoms with Crippen LogP contribution in [0.5, 0.6) is 5.75 Å². The molecule has 2 heteroatoms. The summed E-state index contributed by atoms with van der Waals surface area (Å²) >= 11 is 0. The topological polar surface area (TPSA) is 33.1 Å². The van der Waals surface area contributed by atoms with Gasteiger partial charge in [0.15, 0.2) is 0 Å². The minimum absolute atomic E-state index is 0.107. The molecule has 86 valence electrons. The van der Waals surface area contributed by atoms with Crippen LogP contribution >= 0.6 is 0 Å². The monoisotopic (exact) mass is 217 g/mol. The average Bonchev–Trinajstić information content (AvgIpc) is 2.14. The number of benzene rings is 1. The van der Waals surface area contributed by atoms with Crippen LogP contribution in [-0.2, 0) is 5.41 Å². The molecule has 0 saturated heterocycles. The van der Waals surface area contributed by atoms with E-state index in [9.17, 15) is 0 Å². The van der Waals surface area contributed by atoms with E-state index in [1.165, 1.54) is 11.8 Å². The van der Waals surface area contributed by atoms with Crippen molar-refractivity contribution >= 4 is 6.21 Å². The molecule has 0 amide bonds. The van der Waals surface area contributed by atoms with Gasteiger partial charge in [-0.2, -0.15) is 0 Å². The lowest BCUT2D eigenvalue weighted by Crippen LogP contribution is -2.41. The molecule has 0 saturated carbocycles. The SMILES string of the molecule is CC1(C)CC(C)(C)c2cc(C=N)ccc2O1. The van der Waals surface area contributed by atoms with Crippen LogP contribution in [0.15, 0.2) is 18.2 Å². The summed E-state index contributed by atoms with van der Waals surface area (Å²) in [5.74, 6) is 0.965. The van der Waals surface area contributed by atoms with Gasteiger partial charge in [0, 0.05) is 11.8 Å². The Morgan fingerprint density at radius 1 is 1.25 bits per heavy atom. The third kappa shape index (κ3) is 1.84. The second-order valence-corrected chi connectivity index (χ2v) is 5.82. The van der Waals surface area contributed by atoms with E-state index in [1.54, 1.807) is 0 Å². The molecule has 16 heavy (non-hydrogen) atoms. The lowest BCUT2D eigenvalue weighted by Gasteiger charge is -2.42. The predicted octanol–water partition coefficient (Wildman–Crippen LogP) is 3.52. The van der Waals surface area contributed by atoms with Crippen molar-refractivity contribution in [3.05, 3.63) is 29.3 Å². The van der Waals surface area contributed by atoms with E-state index in [-0.39, 0.29) is 11.0 Å². The molecule has 0 unspecified atom stereocenters. The van der Waals surface area contributed by atoms with E-state index in [0.717, 1.165) is 17.7 Å². The van der Waals surface area contributed by atoms with Gasteiger partial charge < -0.3 is 10.1 Å². The smallest absolute Gasteiger partial charge is 0.123 e. The Kier molecular flexibility index (Phi) is 2.33. The Morgan fingerprint density at radius 2 is 1.94 bits per heavy atom. The molecule has 0 spiro atoms. The number of hydrogen-bond acceptors (Lipinski definition) is 2. The normalized spacial score (nSPS) is 20.8. The number of rotatable bonds is 1. The maximum atomic E-state index is 7.30. The van der Waals surface area contributed by atoms with E-state index >= 15 is 0 Å². The molecule has 0 atom stereocenters. The second-order valence-electron chi connectivity index (χ2n) is 5.82. The highest BCUT2D eigenvalue weighted by Gasteiger charge is 2.38. The van der Waals surface area contributed by atoms with Crippen LogP contribution in [0.2, 0.25) is 0 Å². The Bertz CT molecular complexity index is 432. The van der Waals surface area contributed by atoms with Crippen molar-refractivity contribution in [2.75, 3.05) is 0 Å². The quantitative estimate of drug-likeness (QED) is 0.717. The zero-order valence-electron chi connectivity index (χ0n) is 10.4. The molecule has 0 bridgehead atoms. The molecule has 0 fully saturated rings. The van der Waals surface area contributed by atoms with Crippen LogP contribution in [0.1, 0.15) is 45.2 Å². The zero-order valence-corrected chi connectivity index (χ0v) is 10.4. The molecule has 0 radical (unpaired) electrons. The van der Waals surface area contributed by atoms with Crippen molar-refractivity contribution in [2.45, 2.75) is 45.1 Å². The van der Waals surface area contributed by atoms with E-state index < -0.39 is 0 Å². The summed E-state index contributed by atoms with van der Waals surface area (Å²) in [5.41, 5.74) is 2.15. The van der Waals surface area contributed by atoms with E-state index in [0.29, 0.717) is 0 Å². The standard InChI is InChI=1S/C14H19NO/c1-13(2)9-14(3,4)16-12-6-5-10(8-15)7-11(12)13/h5-8,15H,9H2,1-4H3. The van der Waals surface area contributed by atoms with Crippen molar-refractivity contribution in [1.29, 1.82) is 5.41 Å². The number of hydrogen-bond donors (Lipinski definition) is 1. The maximum absolute atomic E-state index is 7.30. The predicted molar refractivity (Wildman–Crippen MR) is 66.7 cm³/mol. The molecule has 1 aliphatic rings. The van der Waals surface area contributed by atoms with Gasteiger partial charge in [0.2, 0.25) is 0 Å². The van der Waals surface area contributed by atoms with Crippen molar-refractivity contribution in [1.82, 2.24) is 0 Å². The molecular weight excluding hydrogens is 198 g/mol. The molecule has 1 N–H and O–H groups in total. The fourth-order valence-electron chi connectivity index (χ4n) is 2.75. The third-order valence-electron chi connectivity index (χ3n) is 3.15. The number of nitrogens with one attached hydrogen (secondary N) is 1. The lowest BCUT2D eigenvalue weighted by atomic mass is 9.73. The van der Waals surface area contributed by atoms with E-state index in [2.05, 4.69) is 33.8 Å². The first-order valence-corrected chi connectivity index (χ1v) is 5.68. The number of ether oxygens (including phenoxy) is 1. The fourth-order valence-corrected chi connectivity index (χ4v) is 2.75. The maximum Gasteiger partial charge on any atom is 0.123 e. The minimum atomic E-state index is -0.108. The van der Waals surface area contributed by atoms with Crippen molar-refractivity contribution in [2.24, 2.45) is 0 Å². The third-order valence-corrected chi connectivity index (χ3v) is 3.15. The second kappa shape index (κ2) is 3.34. The summed E-state index contributed by atoms with van der Waals surface area (Å²) in [4.78, 5) is 0. The van der Waals surface area contributed by atoms with Gasteiger partial charge in [-0.3, -0.25) is 0 Å². The van der Waals surface area contributed by atoms with Gasteiger partial charge in [-0.15, -0.1) is 0 Å². The zero-order chi connectivity index (χ0) is 12.0.